The molecule has 5 nitrogen and oxygen atoms in total. The highest BCUT2D eigenvalue weighted by Gasteiger charge is 2.46. The van der Waals surface area contributed by atoms with Crippen LogP contribution in [0.5, 0.6) is 0 Å². The van der Waals surface area contributed by atoms with E-state index in [4.69, 9.17) is 15.0 Å². The van der Waals surface area contributed by atoms with Gasteiger partial charge in [-0.3, -0.25) is 9.13 Å². The van der Waals surface area contributed by atoms with Crippen molar-refractivity contribution in [2.75, 3.05) is 0 Å². The average Bonchev–Trinajstić information content (AvgIpc) is 3.98. The number of fused-ring (bicyclic) bond motifs is 9. The number of benzene rings is 9. The zero-order chi connectivity index (χ0) is 41.5. The van der Waals surface area contributed by atoms with Crippen molar-refractivity contribution in [3.05, 3.63) is 247 Å². The van der Waals surface area contributed by atoms with Crippen molar-refractivity contribution in [3.63, 3.8) is 0 Å². The van der Waals surface area contributed by atoms with E-state index in [9.17, 15) is 0 Å². The molecule has 9 aromatic carbocycles. The van der Waals surface area contributed by atoms with E-state index in [1.807, 2.05) is 18.2 Å². The van der Waals surface area contributed by atoms with Crippen LogP contribution in [0, 0.1) is 0 Å². The van der Waals surface area contributed by atoms with Gasteiger partial charge in [-0.25, -0.2) is 0 Å². The summed E-state index contributed by atoms with van der Waals surface area (Å²) in [6.07, 6.45) is 0. The van der Waals surface area contributed by atoms with Gasteiger partial charge in [0, 0.05) is 27.1 Å². The van der Waals surface area contributed by atoms with Gasteiger partial charge >= 0.3 is 0 Å². The van der Waals surface area contributed by atoms with Crippen LogP contribution < -0.4 is 0 Å². The second kappa shape index (κ2) is 13.8. The molecule has 5 heteroatoms. The summed E-state index contributed by atoms with van der Waals surface area (Å²) in [5.74, 6) is 1.73. The molecule has 1 aliphatic rings. The van der Waals surface area contributed by atoms with Crippen LogP contribution in [0.25, 0.3) is 89.2 Å². The predicted octanol–water partition coefficient (Wildman–Crippen LogP) is 13.8. The van der Waals surface area contributed by atoms with Crippen LogP contribution in [0.1, 0.15) is 22.3 Å². The third kappa shape index (κ3) is 5.20. The lowest BCUT2D eigenvalue weighted by Gasteiger charge is -2.34. The Morgan fingerprint density at radius 3 is 1.35 bits per heavy atom. The number of rotatable bonds is 6. The van der Waals surface area contributed by atoms with Gasteiger partial charge < -0.3 is 0 Å². The Bertz CT molecular complexity index is 3640. The molecule has 0 saturated carbocycles. The summed E-state index contributed by atoms with van der Waals surface area (Å²) in [5.41, 5.74) is 14.4. The molecule has 0 N–H and O–H groups in total. The van der Waals surface area contributed by atoms with E-state index in [-0.39, 0.29) is 0 Å². The van der Waals surface area contributed by atoms with Crippen molar-refractivity contribution < 1.29 is 0 Å². The van der Waals surface area contributed by atoms with E-state index in [1.54, 1.807) is 0 Å². The summed E-state index contributed by atoms with van der Waals surface area (Å²) in [7, 11) is 0. The van der Waals surface area contributed by atoms with Crippen LogP contribution in [0.15, 0.2) is 224 Å². The Hall–Kier alpha value is -8.41. The van der Waals surface area contributed by atoms with Crippen LogP contribution in [-0.4, -0.2) is 24.1 Å². The molecule has 0 bridgehead atoms. The van der Waals surface area contributed by atoms with Crippen molar-refractivity contribution in [3.8, 4) is 45.5 Å². The van der Waals surface area contributed by atoms with Gasteiger partial charge in [0.25, 0.3) is 0 Å². The Balaban J connectivity index is 1.06. The van der Waals surface area contributed by atoms with E-state index in [2.05, 4.69) is 215 Å². The third-order valence-corrected chi connectivity index (χ3v) is 13.1. The number of para-hydroxylation sites is 3. The van der Waals surface area contributed by atoms with E-state index < -0.39 is 5.41 Å². The first kappa shape index (κ1) is 35.4. The molecule has 3 heterocycles. The number of hydrogen-bond donors (Lipinski definition) is 0. The summed E-state index contributed by atoms with van der Waals surface area (Å²) < 4.78 is 4.40. The smallest absolute Gasteiger partial charge is 0.240 e. The molecule has 0 saturated heterocycles. The molecule has 12 aromatic rings. The summed E-state index contributed by atoms with van der Waals surface area (Å²) in [6, 6.07) is 80.5. The minimum atomic E-state index is -0.495. The van der Waals surface area contributed by atoms with E-state index in [0.29, 0.717) is 17.7 Å². The van der Waals surface area contributed by atoms with E-state index in [1.165, 1.54) is 33.4 Å². The highest BCUT2D eigenvalue weighted by atomic mass is 15.3. The third-order valence-electron chi connectivity index (χ3n) is 13.1. The van der Waals surface area contributed by atoms with Crippen molar-refractivity contribution in [2.45, 2.75) is 5.41 Å². The summed E-state index contributed by atoms with van der Waals surface area (Å²) in [5, 5.41) is 4.57. The Morgan fingerprint density at radius 2 is 0.746 bits per heavy atom. The fraction of sp³-hybridized carbons (Fsp3) is 0.0172. The normalized spacial score (nSPS) is 12.9. The lowest BCUT2D eigenvalue weighted by molar-refractivity contribution is 0.769. The molecule has 0 spiro atoms. The van der Waals surface area contributed by atoms with Gasteiger partial charge in [-0.2, -0.15) is 15.0 Å². The second-order valence-electron chi connectivity index (χ2n) is 16.4. The topological polar surface area (TPSA) is 48.5 Å². The zero-order valence-corrected chi connectivity index (χ0v) is 34.1. The highest BCUT2D eigenvalue weighted by molar-refractivity contribution is 6.11. The molecule has 0 atom stereocenters. The Morgan fingerprint density at radius 1 is 0.302 bits per heavy atom. The fourth-order valence-corrected chi connectivity index (χ4v) is 10.4. The summed E-state index contributed by atoms with van der Waals surface area (Å²) in [4.78, 5) is 15.9. The SMILES string of the molecule is c1ccc(-c2nc(-n3c4ccccc4c4ccccc43)nc(-n3c4ccccc4c4ccc(-c5ccc6c(c5)C(c5ccccc5)(c5ccccc5)c5ccccc5-6)cc43)n2)cc1. The van der Waals surface area contributed by atoms with Crippen LogP contribution in [0.3, 0.4) is 0 Å². The fourth-order valence-electron chi connectivity index (χ4n) is 10.4. The second-order valence-corrected chi connectivity index (χ2v) is 16.4. The van der Waals surface area contributed by atoms with Crippen LogP contribution in [-0.2, 0) is 5.41 Å². The van der Waals surface area contributed by atoms with Gasteiger partial charge in [0.1, 0.15) is 0 Å². The standard InChI is InChI=1S/C58H37N5/c1-4-18-38(19-5-1)55-59-56(62-51-29-15-11-25-45(51)46-26-12-16-30-52(46)62)61-57(60-55)63-53-31-17-13-27-47(53)48-35-33-40(37-54(48)63)39-32-34-44-43-24-10-14-28-49(43)58(50(44)36-39,41-20-6-2-7-21-41)42-22-8-3-9-23-42/h1-37H. The summed E-state index contributed by atoms with van der Waals surface area (Å²) in [6.45, 7) is 0. The molecule has 0 radical (unpaired) electrons. The van der Waals surface area contributed by atoms with Crippen molar-refractivity contribution in [2.24, 2.45) is 0 Å². The zero-order valence-electron chi connectivity index (χ0n) is 34.1. The molecule has 1 aliphatic carbocycles. The largest absolute Gasteiger partial charge is 0.278 e. The number of aromatic nitrogens is 5. The minimum Gasteiger partial charge on any atom is -0.278 e. The first-order valence-electron chi connectivity index (χ1n) is 21.5. The molecule has 294 valence electrons. The highest BCUT2D eigenvalue weighted by Crippen LogP contribution is 2.56. The van der Waals surface area contributed by atoms with Gasteiger partial charge in [0.2, 0.25) is 11.9 Å². The van der Waals surface area contributed by atoms with E-state index >= 15 is 0 Å². The first-order chi connectivity index (χ1) is 31.3. The number of hydrogen-bond acceptors (Lipinski definition) is 3. The molecular weight excluding hydrogens is 767 g/mol. The Kier molecular flexibility index (Phi) is 7.75. The monoisotopic (exact) mass is 803 g/mol. The number of nitrogens with zero attached hydrogens (tertiary/aromatic N) is 5. The summed E-state index contributed by atoms with van der Waals surface area (Å²) >= 11 is 0. The molecule has 3 aromatic heterocycles. The predicted molar refractivity (Wildman–Crippen MR) is 257 cm³/mol. The van der Waals surface area contributed by atoms with Crippen molar-refractivity contribution in [1.29, 1.82) is 0 Å². The first-order valence-corrected chi connectivity index (χ1v) is 21.5. The average molecular weight is 804 g/mol. The van der Waals surface area contributed by atoms with E-state index in [0.717, 1.165) is 60.3 Å². The lowest BCUT2D eigenvalue weighted by Crippen LogP contribution is -2.28. The molecule has 0 aliphatic heterocycles. The maximum Gasteiger partial charge on any atom is 0.240 e. The molecule has 0 amide bonds. The molecule has 13 rings (SSSR count). The molecular formula is C58H37N5. The molecule has 0 unspecified atom stereocenters. The van der Waals surface area contributed by atoms with Gasteiger partial charge in [-0.15, -0.1) is 0 Å². The molecule has 63 heavy (non-hydrogen) atoms. The van der Waals surface area contributed by atoms with Crippen molar-refractivity contribution >= 4 is 43.6 Å². The van der Waals surface area contributed by atoms with Crippen LogP contribution in [0.2, 0.25) is 0 Å². The molecule has 0 fully saturated rings. The minimum absolute atomic E-state index is 0.495. The van der Waals surface area contributed by atoms with Crippen molar-refractivity contribution in [1.82, 2.24) is 24.1 Å². The van der Waals surface area contributed by atoms with Gasteiger partial charge in [0.15, 0.2) is 5.82 Å². The van der Waals surface area contributed by atoms with Gasteiger partial charge in [-0.1, -0.05) is 194 Å². The maximum absolute atomic E-state index is 5.41. The van der Waals surface area contributed by atoms with Crippen LogP contribution in [0.4, 0.5) is 0 Å². The quantitative estimate of drug-likeness (QED) is 0.168. The van der Waals surface area contributed by atoms with Gasteiger partial charge in [0.05, 0.1) is 27.5 Å². The van der Waals surface area contributed by atoms with Gasteiger partial charge in [-0.05, 0) is 74.8 Å². The maximum atomic E-state index is 5.41. The lowest BCUT2D eigenvalue weighted by atomic mass is 9.67. The Labute approximate surface area is 363 Å². The van der Waals surface area contributed by atoms with Crippen LogP contribution >= 0.6 is 0 Å².